The van der Waals surface area contributed by atoms with Crippen molar-refractivity contribution in [2.24, 2.45) is 10.9 Å². The first-order valence-corrected chi connectivity index (χ1v) is 8.05. The molecule has 0 atom stereocenters. The fourth-order valence-electron chi connectivity index (χ4n) is 2.66. The molecule has 0 aromatic carbocycles. The zero-order valence-electron chi connectivity index (χ0n) is 13.8. The van der Waals surface area contributed by atoms with Gasteiger partial charge < -0.3 is 20.1 Å². The molecule has 0 amide bonds. The Bertz CT molecular complexity index is 410. The van der Waals surface area contributed by atoms with Gasteiger partial charge in [0, 0.05) is 45.6 Å². The molecule has 0 bridgehead atoms. The van der Waals surface area contributed by atoms with Crippen molar-refractivity contribution in [1.82, 2.24) is 20.1 Å². The number of rotatable bonds is 6. The van der Waals surface area contributed by atoms with Crippen LogP contribution in [0.3, 0.4) is 0 Å². The van der Waals surface area contributed by atoms with Crippen LogP contribution in [0.15, 0.2) is 29.5 Å². The van der Waals surface area contributed by atoms with Crippen molar-refractivity contribution in [2.75, 3.05) is 39.8 Å². The third kappa shape index (κ3) is 7.00. The minimum atomic E-state index is 0. The van der Waals surface area contributed by atoms with Gasteiger partial charge in [0.1, 0.15) is 0 Å². The molecule has 1 fully saturated rings. The molecular formula is C16H30IN5. The maximum Gasteiger partial charge on any atom is 0.191 e. The molecule has 2 rings (SSSR count). The van der Waals surface area contributed by atoms with Crippen molar-refractivity contribution in [2.45, 2.75) is 26.3 Å². The number of hydrogen-bond donors (Lipinski definition) is 2. The molecule has 126 valence electrons. The Morgan fingerprint density at radius 3 is 2.27 bits per heavy atom. The Balaban J connectivity index is 0.00000242. The van der Waals surface area contributed by atoms with E-state index in [4.69, 9.17) is 0 Å². The molecule has 5 nitrogen and oxygen atoms in total. The summed E-state index contributed by atoms with van der Waals surface area (Å²) in [7, 11) is 1.83. The molecule has 2 N–H and O–H groups in total. The first kappa shape index (κ1) is 19.3. The van der Waals surface area contributed by atoms with Crippen molar-refractivity contribution < 1.29 is 0 Å². The van der Waals surface area contributed by atoms with Gasteiger partial charge in [-0.05, 0) is 44.0 Å². The summed E-state index contributed by atoms with van der Waals surface area (Å²) >= 11 is 0. The number of halogens is 1. The average Bonchev–Trinajstić information content (AvgIpc) is 3.01. The van der Waals surface area contributed by atoms with Crippen molar-refractivity contribution in [3.63, 3.8) is 0 Å². The van der Waals surface area contributed by atoms with E-state index in [-0.39, 0.29) is 24.0 Å². The predicted octanol–water partition coefficient (Wildman–Crippen LogP) is 2.00. The first-order valence-electron chi connectivity index (χ1n) is 8.05. The Hall–Kier alpha value is -0.760. The topological polar surface area (TPSA) is 44.6 Å². The molecule has 0 unspecified atom stereocenters. The van der Waals surface area contributed by atoms with E-state index in [0.717, 1.165) is 38.1 Å². The van der Waals surface area contributed by atoms with E-state index in [1.807, 2.05) is 19.2 Å². The summed E-state index contributed by atoms with van der Waals surface area (Å²) in [5.74, 6) is 1.80. The van der Waals surface area contributed by atoms with Crippen molar-refractivity contribution >= 4 is 29.9 Å². The van der Waals surface area contributed by atoms with Crippen LogP contribution in [0.4, 0.5) is 0 Å². The molecule has 0 radical (unpaired) electrons. The molecule has 6 heteroatoms. The van der Waals surface area contributed by atoms with Crippen molar-refractivity contribution in [1.29, 1.82) is 0 Å². The summed E-state index contributed by atoms with van der Waals surface area (Å²) in [4.78, 5) is 6.81. The lowest BCUT2D eigenvalue weighted by molar-refractivity contribution is 0.195. The molecule has 0 saturated carbocycles. The van der Waals surface area contributed by atoms with E-state index in [2.05, 4.69) is 44.4 Å². The summed E-state index contributed by atoms with van der Waals surface area (Å²) in [5, 5.41) is 6.75. The molecule has 1 aromatic heterocycles. The van der Waals surface area contributed by atoms with Gasteiger partial charge in [0.05, 0.1) is 0 Å². The molecule has 0 aliphatic carbocycles. The molecular weight excluding hydrogens is 389 g/mol. The highest BCUT2D eigenvalue weighted by atomic mass is 127. The summed E-state index contributed by atoms with van der Waals surface area (Å²) < 4.78 is 2.16. The lowest BCUT2D eigenvalue weighted by atomic mass is 9.99. The second kappa shape index (κ2) is 10.9. The number of likely N-dealkylation sites (tertiary alicyclic amines) is 1. The van der Waals surface area contributed by atoms with Crippen LogP contribution < -0.4 is 10.6 Å². The summed E-state index contributed by atoms with van der Waals surface area (Å²) in [5.41, 5.74) is 0. The molecule has 1 saturated heterocycles. The van der Waals surface area contributed by atoms with E-state index in [1.54, 1.807) is 0 Å². The zero-order valence-corrected chi connectivity index (χ0v) is 16.1. The average molecular weight is 419 g/mol. The Morgan fingerprint density at radius 1 is 1.09 bits per heavy atom. The van der Waals surface area contributed by atoms with E-state index in [0.29, 0.717) is 0 Å². The van der Waals surface area contributed by atoms with E-state index in [1.165, 1.54) is 25.9 Å². The number of aliphatic imine (C=N–C) groups is 1. The minimum absolute atomic E-state index is 0. The fourth-order valence-corrected chi connectivity index (χ4v) is 2.66. The van der Waals surface area contributed by atoms with Crippen LogP contribution in [0.2, 0.25) is 0 Å². The molecule has 0 spiro atoms. The predicted molar refractivity (Wildman–Crippen MR) is 104 cm³/mol. The van der Waals surface area contributed by atoms with E-state index >= 15 is 0 Å². The number of aromatic nitrogens is 1. The number of nitrogens with zero attached hydrogens (tertiary/aromatic N) is 3. The maximum atomic E-state index is 4.27. The van der Waals surface area contributed by atoms with Crippen LogP contribution in [0, 0.1) is 5.92 Å². The van der Waals surface area contributed by atoms with Crippen LogP contribution in [0.1, 0.15) is 19.8 Å². The quantitative estimate of drug-likeness (QED) is 0.421. The minimum Gasteiger partial charge on any atom is -0.355 e. The van der Waals surface area contributed by atoms with Crippen LogP contribution in [0.5, 0.6) is 0 Å². The molecule has 22 heavy (non-hydrogen) atoms. The number of nitrogens with one attached hydrogen (secondary N) is 2. The van der Waals surface area contributed by atoms with Gasteiger partial charge in [-0.15, -0.1) is 24.0 Å². The van der Waals surface area contributed by atoms with Gasteiger partial charge in [0.15, 0.2) is 5.96 Å². The smallest absolute Gasteiger partial charge is 0.191 e. The lowest BCUT2D eigenvalue weighted by Gasteiger charge is -2.30. The third-order valence-corrected chi connectivity index (χ3v) is 4.15. The standard InChI is InChI=1S/C16H29N5.HI/c1-15-5-11-21(12-6-15)14-8-19-16(17-2)18-7-13-20-9-3-4-10-20;/h3-4,9-10,15H,5-8,11-14H2,1-2H3,(H2,17,18,19);1H. The summed E-state index contributed by atoms with van der Waals surface area (Å²) in [6, 6.07) is 4.10. The van der Waals surface area contributed by atoms with Gasteiger partial charge >= 0.3 is 0 Å². The summed E-state index contributed by atoms with van der Waals surface area (Å²) in [6.07, 6.45) is 6.83. The second-order valence-corrected chi connectivity index (χ2v) is 5.87. The molecule has 2 heterocycles. The highest BCUT2D eigenvalue weighted by molar-refractivity contribution is 14.0. The highest BCUT2D eigenvalue weighted by Gasteiger charge is 2.14. The van der Waals surface area contributed by atoms with Gasteiger partial charge in [0.2, 0.25) is 0 Å². The van der Waals surface area contributed by atoms with E-state index in [9.17, 15) is 0 Å². The molecule has 1 aromatic rings. The largest absolute Gasteiger partial charge is 0.355 e. The summed E-state index contributed by atoms with van der Waals surface area (Å²) in [6.45, 7) is 8.73. The monoisotopic (exact) mass is 419 g/mol. The van der Waals surface area contributed by atoms with Crippen LogP contribution in [0.25, 0.3) is 0 Å². The number of piperidine rings is 1. The highest BCUT2D eigenvalue weighted by Crippen LogP contribution is 2.14. The zero-order chi connectivity index (χ0) is 14.9. The van der Waals surface area contributed by atoms with Gasteiger partial charge in [-0.2, -0.15) is 0 Å². The normalized spacial score (nSPS) is 17.1. The molecule has 1 aliphatic heterocycles. The first-order chi connectivity index (χ1) is 10.3. The SMILES string of the molecule is CN=C(NCCN1CCC(C)CC1)NCCn1cccc1.I. The number of guanidine groups is 1. The van der Waals surface area contributed by atoms with E-state index < -0.39 is 0 Å². The Labute approximate surface area is 151 Å². The lowest BCUT2D eigenvalue weighted by Crippen LogP contribution is -2.43. The van der Waals surface area contributed by atoms with Crippen LogP contribution in [-0.4, -0.2) is 55.2 Å². The second-order valence-electron chi connectivity index (χ2n) is 5.87. The van der Waals surface area contributed by atoms with Gasteiger partial charge in [-0.25, -0.2) is 0 Å². The maximum absolute atomic E-state index is 4.27. The van der Waals surface area contributed by atoms with Gasteiger partial charge in [0.25, 0.3) is 0 Å². The third-order valence-electron chi connectivity index (χ3n) is 4.15. The van der Waals surface area contributed by atoms with Crippen molar-refractivity contribution in [3.8, 4) is 0 Å². The molecule has 1 aliphatic rings. The Kier molecular flexibility index (Phi) is 9.54. The Morgan fingerprint density at radius 2 is 1.68 bits per heavy atom. The van der Waals surface area contributed by atoms with Gasteiger partial charge in [-0.3, -0.25) is 4.99 Å². The van der Waals surface area contributed by atoms with Gasteiger partial charge in [-0.1, -0.05) is 6.92 Å². The van der Waals surface area contributed by atoms with Crippen molar-refractivity contribution in [3.05, 3.63) is 24.5 Å². The number of hydrogen-bond acceptors (Lipinski definition) is 2. The van der Waals surface area contributed by atoms with Crippen LogP contribution >= 0.6 is 24.0 Å². The van der Waals surface area contributed by atoms with Crippen LogP contribution in [-0.2, 0) is 6.54 Å². The fraction of sp³-hybridized carbons (Fsp3) is 0.688.